The van der Waals surface area contributed by atoms with Crippen LogP contribution >= 0.6 is 15.9 Å². The molecule has 88 valence electrons. The third-order valence-electron chi connectivity index (χ3n) is 3.20. The van der Waals surface area contributed by atoms with Gasteiger partial charge in [0.2, 0.25) is 0 Å². The molecule has 0 amide bonds. The lowest BCUT2D eigenvalue weighted by Crippen LogP contribution is -2.23. The van der Waals surface area contributed by atoms with E-state index in [2.05, 4.69) is 27.1 Å². The normalized spacial score (nSPS) is 21.2. The van der Waals surface area contributed by atoms with Crippen molar-refractivity contribution in [3.8, 4) is 0 Å². The Morgan fingerprint density at radius 3 is 2.56 bits per heavy atom. The van der Waals surface area contributed by atoms with Crippen molar-refractivity contribution < 1.29 is 0 Å². The van der Waals surface area contributed by atoms with Crippen LogP contribution in [-0.4, -0.2) is 15.8 Å². The van der Waals surface area contributed by atoms with Gasteiger partial charge in [-0.25, -0.2) is 0 Å². The summed E-state index contributed by atoms with van der Waals surface area (Å²) in [5, 5.41) is 4.39. The minimum absolute atomic E-state index is 0.397. The van der Waals surface area contributed by atoms with Gasteiger partial charge in [-0.1, -0.05) is 5.57 Å². The van der Waals surface area contributed by atoms with E-state index in [0.29, 0.717) is 6.04 Å². The predicted octanol–water partition coefficient (Wildman–Crippen LogP) is 2.78. The van der Waals surface area contributed by atoms with Crippen LogP contribution in [0.15, 0.2) is 10.0 Å². The summed E-state index contributed by atoms with van der Waals surface area (Å²) in [5.41, 5.74) is 9.60. The van der Waals surface area contributed by atoms with Crippen LogP contribution in [0.2, 0.25) is 0 Å². The van der Waals surface area contributed by atoms with Gasteiger partial charge in [-0.3, -0.25) is 4.68 Å². The highest BCUT2D eigenvalue weighted by atomic mass is 79.9. The number of nitrogens with two attached hydrogens (primary N) is 1. The van der Waals surface area contributed by atoms with Crippen LogP contribution in [0.4, 0.5) is 0 Å². The molecule has 1 fully saturated rings. The zero-order valence-electron chi connectivity index (χ0n) is 9.83. The van der Waals surface area contributed by atoms with Gasteiger partial charge in [0.15, 0.2) is 0 Å². The Bertz CT molecular complexity index is 410. The lowest BCUT2D eigenvalue weighted by Gasteiger charge is -2.20. The molecular weight excluding hydrogens is 266 g/mol. The average molecular weight is 284 g/mol. The standard InChI is InChI=1S/C12H18BrN3/c1-8-12(13)11(16(2)15-8)7-9-3-5-10(14)6-4-9/h7,10H,3-6,14H2,1-2H3. The van der Waals surface area contributed by atoms with Gasteiger partial charge >= 0.3 is 0 Å². The largest absolute Gasteiger partial charge is 0.328 e. The zero-order valence-corrected chi connectivity index (χ0v) is 11.4. The summed E-state index contributed by atoms with van der Waals surface area (Å²) < 4.78 is 3.04. The minimum atomic E-state index is 0.397. The summed E-state index contributed by atoms with van der Waals surface area (Å²) in [4.78, 5) is 0. The highest BCUT2D eigenvalue weighted by Gasteiger charge is 2.14. The molecule has 16 heavy (non-hydrogen) atoms. The number of nitrogens with zero attached hydrogens (tertiary/aromatic N) is 2. The van der Waals surface area contributed by atoms with Gasteiger partial charge < -0.3 is 5.73 Å². The van der Waals surface area contributed by atoms with Gasteiger partial charge in [-0.2, -0.15) is 5.10 Å². The summed E-state index contributed by atoms with van der Waals surface area (Å²) in [5.74, 6) is 0. The second-order valence-electron chi connectivity index (χ2n) is 4.55. The first-order valence-electron chi connectivity index (χ1n) is 5.72. The van der Waals surface area contributed by atoms with E-state index in [9.17, 15) is 0 Å². The molecule has 2 rings (SSSR count). The van der Waals surface area contributed by atoms with Crippen LogP contribution in [0, 0.1) is 6.92 Å². The van der Waals surface area contributed by atoms with Gasteiger partial charge in [0.05, 0.1) is 15.9 Å². The summed E-state index contributed by atoms with van der Waals surface area (Å²) in [6.45, 7) is 2.02. The Morgan fingerprint density at radius 1 is 1.44 bits per heavy atom. The van der Waals surface area contributed by atoms with E-state index in [-0.39, 0.29) is 0 Å². The monoisotopic (exact) mass is 283 g/mol. The predicted molar refractivity (Wildman–Crippen MR) is 70.1 cm³/mol. The van der Waals surface area contributed by atoms with E-state index >= 15 is 0 Å². The molecule has 0 radical (unpaired) electrons. The third kappa shape index (κ3) is 2.38. The molecule has 0 aromatic carbocycles. The number of aromatic nitrogens is 2. The van der Waals surface area contributed by atoms with E-state index in [1.54, 1.807) is 0 Å². The molecule has 0 atom stereocenters. The number of aryl methyl sites for hydroxylation is 2. The highest BCUT2D eigenvalue weighted by Crippen LogP contribution is 2.28. The van der Waals surface area contributed by atoms with E-state index in [1.807, 2.05) is 18.7 Å². The average Bonchev–Trinajstić information content (AvgIpc) is 2.48. The van der Waals surface area contributed by atoms with Crippen molar-refractivity contribution in [3.63, 3.8) is 0 Å². The fourth-order valence-corrected chi connectivity index (χ4v) is 2.61. The molecule has 0 aliphatic heterocycles. The van der Waals surface area contributed by atoms with Crippen LogP contribution in [0.5, 0.6) is 0 Å². The Morgan fingerprint density at radius 2 is 2.06 bits per heavy atom. The number of hydrogen-bond acceptors (Lipinski definition) is 2. The van der Waals surface area contributed by atoms with Crippen molar-refractivity contribution in [3.05, 3.63) is 21.4 Å². The molecule has 0 spiro atoms. The van der Waals surface area contributed by atoms with Crippen molar-refractivity contribution in [1.82, 2.24) is 9.78 Å². The fourth-order valence-electron chi connectivity index (χ4n) is 2.16. The van der Waals surface area contributed by atoms with E-state index in [0.717, 1.165) is 35.8 Å². The van der Waals surface area contributed by atoms with Crippen molar-refractivity contribution in [2.75, 3.05) is 0 Å². The zero-order chi connectivity index (χ0) is 11.7. The highest BCUT2D eigenvalue weighted by molar-refractivity contribution is 9.10. The molecule has 4 heteroatoms. The fraction of sp³-hybridized carbons (Fsp3) is 0.583. The number of halogens is 1. The Labute approximate surface area is 105 Å². The maximum absolute atomic E-state index is 5.90. The van der Waals surface area contributed by atoms with Crippen LogP contribution in [0.25, 0.3) is 6.08 Å². The summed E-state index contributed by atoms with van der Waals surface area (Å²) in [7, 11) is 1.98. The van der Waals surface area contributed by atoms with E-state index in [1.165, 1.54) is 11.3 Å². The summed E-state index contributed by atoms with van der Waals surface area (Å²) in [6.07, 6.45) is 6.73. The van der Waals surface area contributed by atoms with E-state index < -0.39 is 0 Å². The molecule has 1 aliphatic rings. The summed E-state index contributed by atoms with van der Waals surface area (Å²) >= 11 is 3.59. The first kappa shape index (κ1) is 11.9. The Hall–Kier alpha value is -0.610. The molecular formula is C12H18BrN3. The number of hydrogen-bond donors (Lipinski definition) is 1. The SMILES string of the molecule is Cc1nn(C)c(C=C2CCC(N)CC2)c1Br. The smallest absolute Gasteiger partial charge is 0.0751 e. The molecule has 1 saturated carbocycles. The summed E-state index contributed by atoms with van der Waals surface area (Å²) in [6, 6.07) is 0.397. The van der Waals surface area contributed by atoms with E-state index in [4.69, 9.17) is 5.73 Å². The van der Waals surface area contributed by atoms with Crippen molar-refractivity contribution >= 4 is 22.0 Å². The van der Waals surface area contributed by atoms with Crippen LogP contribution < -0.4 is 5.73 Å². The van der Waals surface area contributed by atoms with Crippen LogP contribution in [-0.2, 0) is 7.05 Å². The van der Waals surface area contributed by atoms with Crippen molar-refractivity contribution in [2.24, 2.45) is 12.8 Å². The lowest BCUT2D eigenvalue weighted by atomic mass is 9.91. The van der Waals surface area contributed by atoms with Crippen molar-refractivity contribution in [2.45, 2.75) is 38.6 Å². The van der Waals surface area contributed by atoms with Gasteiger partial charge in [0.1, 0.15) is 0 Å². The van der Waals surface area contributed by atoms with Crippen LogP contribution in [0.3, 0.4) is 0 Å². The first-order chi connectivity index (χ1) is 7.58. The molecule has 1 aromatic rings. The lowest BCUT2D eigenvalue weighted by molar-refractivity contribution is 0.514. The topological polar surface area (TPSA) is 43.8 Å². The van der Waals surface area contributed by atoms with Gasteiger partial charge in [-0.05, 0) is 54.6 Å². The Balaban J connectivity index is 2.22. The van der Waals surface area contributed by atoms with Gasteiger partial charge in [-0.15, -0.1) is 0 Å². The third-order valence-corrected chi connectivity index (χ3v) is 4.18. The molecule has 1 aliphatic carbocycles. The maximum atomic E-state index is 5.90. The maximum Gasteiger partial charge on any atom is 0.0751 e. The molecule has 0 bridgehead atoms. The molecule has 0 saturated heterocycles. The molecule has 0 unspecified atom stereocenters. The van der Waals surface area contributed by atoms with Gasteiger partial charge in [0.25, 0.3) is 0 Å². The molecule has 1 heterocycles. The molecule has 2 N–H and O–H groups in total. The quantitative estimate of drug-likeness (QED) is 0.861. The first-order valence-corrected chi connectivity index (χ1v) is 6.51. The number of rotatable bonds is 1. The molecule has 3 nitrogen and oxygen atoms in total. The minimum Gasteiger partial charge on any atom is -0.328 e. The second kappa shape index (κ2) is 4.72. The molecule has 1 aromatic heterocycles. The van der Waals surface area contributed by atoms with Crippen LogP contribution in [0.1, 0.15) is 37.1 Å². The Kier molecular flexibility index (Phi) is 3.50. The van der Waals surface area contributed by atoms with Crippen molar-refractivity contribution in [1.29, 1.82) is 0 Å². The second-order valence-corrected chi connectivity index (χ2v) is 5.34. The van der Waals surface area contributed by atoms with Gasteiger partial charge in [0, 0.05) is 13.1 Å². The number of allylic oxidation sites excluding steroid dienone is 1.